The number of carboxylic acids is 1. The number of likely N-dealkylation sites (tertiary alicyclic amines) is 1. The summed E-state index contributed by atoms with van der Waals surface area (Å²) in [6.45, 7) is 4.49. The Morgan fingerprint density at radius 3 is 2.68 bits per heavy atom. The third-order valence-electron chi connectivity index (χ3n) is 5.21. The zero-order valence-electron chi connectivity index (χ0n) is 14.5. The van der Waals surface area contributed by atoms with Gasteiger partial charge in [0, 0.05) is 31.5 Å². The quantitative estimate of drug-likeness (QED) is 0.832. The number of aromatic nitrogens is 2. The van der Waals surface area contributed by atoms with Crippen molar-refractivity contribution >= 4 is 5.97 Å². The van der Waals surface area contributed by atoms with Gasteiger partial charge >= 0.3 is 5.97 Å². The fourth-order valence-electron chi connectivity index (χ4n) is 3.64. The Hall–Kier alpha value is -2.18. The van der Waals surface area contributed by atoms with E-state index in [1.807, 2.05) is 48.0 Å². The van der Waals surface area contributed by atoms with E-state index in [1.54, 1.807) is 6.20 Å². The second-order valence-corrected chi connectivity index (χ2v) is 6.90. The number of benzene rings is 1. The Bertz CT molecular complexity index is 716. The van der Waals surface area contributed by atoms with E-state index in [2.05, 4.69) is 10.00 Å². The number of carbonyl (C=O) groups is 1. The molecule has 1 aromatic heterocycles. The number of rotatable bonds is 6. The van der Waals surface area contributed by atoms with Gasteiger partial charge in [-0.1, -0.05) is 30.3 Å². The number of piperidine rings is 1. The molecular weight excluding hydrogens is 318 g/mol. The van der Waals surface area contributed by atoms with Crippen molar-refractivity contribution in [2.75, 3.05) is 19.6 Å². The van der Waals surface area contributed by atoms with Gasteiger partial charge in [-0.3, -0.25) is 9.48 Å². The van der Waals surface area contributed by atoms with Crippen LogP contribution in [0.25, 0.3) is 0 Å². The molecule has 0 bridgehead atoms. The van der Waals surface area contributed by atoms with Crippen molar-refractivity contribution < 1.29 is 15.0 Å². The van der Waals surface area contributed by atoms with Gasteiger partial charge in [0.2, 0.25) is 0 Å². The number of carboxylic acid groups (broad SMARTS) is 1. The Labute approximate surface area is 147 Å². The third-order valence-corrected chi connectivity index (χ3v) is 5.21. The number of nitrogens with zero attached hydrogens (tertiary/aromatic N) is 3. The lowest BCUT2D eigenvalue weighted by molar-refractivity contribution is -0.163. The highest BCUT2D eigenvalue weighted by Crippen LogP contribution is 2.34. The van der Waals surface area contributed by atoms with Gasteiger partial charge in [-0.25, -0.2) is 0 Å². The Balaban J connectivity index is 1.74. The summed E-state index contributed by atoms with van der Waals surface area (Å²) in [5.41, 5.74) is 0.859. The van der Waals surface area contributed by atoms with Gasteiger partial charge in [0.1, 0.15) is 5.41 Å². The number of aliphatic carboxylic acids is 1. The van der Waals surface area contributed by atoms with E-state index in [4.69, 9.17) is 0 Å². The minimum Gasteiger partial charge on any atom is -0.481 e. The fourth-order valence-corrected chi connectivity index (χ4v) is 3.64. The first-order chi connectivity index (χ1) is 12.0. The molecule has 0 aliphatic carbocycles. The second kappa shape index (κ2) is 7.37. The van der Waals surface area contributed by atoms with Crippen molar-refractivity contribution in [2.24, 2.45) is 5.41 Å². The minimum absolute atomic E-state index is 0.335. The van der Waals surface area contributed by atoms with Crippen LogP contribution in [0, 0.1) is 12.3 Å². The summed E-state index contributed by atoms with van der Waals surface area (Å²) in [5, 5.41) is 24.7. The second-order valence-electron chi connectivity index (χ2n) is 6.90. The summed E-state index contributed by atoms with van der Waals surface area (Å²) in [6.07, 6.45) is 1.73. The summed E-state index contributed by atoms with van der Waals surface area (Å²) in [7, 11) is 0. The summed E-state index contributed by atoms with van der Waals surface area (Å²) in [4.78, 5) is 14.2. The maximum Gasteiger partial charge on any atom is 0.313 e. The fraction of sp³-hybridized carbons (Fsp3) is 0.474. The Kier molecular flexibility index (Phi) is 5.20. The predicted octanol–water partition coefficient (Wildman–Crippen LogP) is 1.57. The first-order valence-electron chi connectivity index (χ1n) is 8.67. The lowest BCUT2D eigenvalue weighted by atomic mass is 9.73. The Morgan fingerprint density at radius 2 is 2.04 bits per heavy atom. The normalized spacial score (nSPS) is 24.3. The van der Waals surface area contributed by atoms with Gasteiger partial charge in [0.15, 0.2) is 0 Å². The van der Waals surface area contributed by atoms with Gasteiger partial charge < -0.3 is 15.1 Å². The van der Waals surface area contributed by atoms with Crippen LogP contribution in [0.15, 0.2) is 42.6 Å². The monoisotopic (exact) mass is 343 g/mol. The van der Waals surface area contributed by atoms with Crippen molar-refractivity contribution in [1.82, 2.24) is 14.7 Å². The van der Waals surface area contributed by atoms with Crippen LogP contribution in [0.3, 0.4) is 0 Å². The maximum atomic E-state index is 12.1. The molecule has 2 heterocycles. The molecule has 2 N–H and O–H groups in total. The molecule has 0 amide bonds. The minimum atomic E-state index is -1.17. The van der Waals surface area contributed by atoms with Crippen molar-refractivity contribution in [3.8, 4) is 0 Å². The number of aliphatic hydroxyl groups is 1. The SMILES string of the molecule is Cc1ccnn1CCN1CC[C@H](O)[C@@](Cc2ccccc2)(C(=O)O)C1. The van der Waals surface area contributed by atoms with Crippen LogP contribution in [0.2, 0.25) is 0 Å². The summed E-state index contributed by atoms with van der Waals surface area (Å²) in [6, 6.07) is 11.5. The van der Waals surface area contributed by atoms with E-state index in [0.717, 1.165) is 24.3 Å². The standard InChI is InChI=1S/C19H25N3O3/c1-15-7-9-20-22(15)12-11-21-10-8-17(23)19(14-21,18(24)25)13-16-5-3-2-4-6-16/h2-7,9,17,23H,8,10-14H2,1H3,(H,24,25)/t17-,19-/m0/s1. The summed E-state index contributed by atoms with van der Waals surface area (Å²) in [5.74, 6) is -0.927. The van der Waals surface area contributed by atoms with E-state index >= 15 is 0 Å². The first-order valence-corrected chi connectivity index (χ1v) is 8.67. The molecule has 0 spiro atoms. The molecule has 1 aliphatic rings. The van der Waals surface area contributed by atoms with Gasteiger partial charge in [-0.2, -0.15) is 5.10 Å². The van der Waals surface area contributed by atoms with E-state index < -0.39 is 17.5 Å². The van der Waals surface area contributed by atoms with E-state index in [9.17, 15) is 15.0 Å². The van der Waals surface area contributed by atoms with Crippen molar-refractivity contribution in [3.63, 3.8) is 0 Å². The molecule has 25 heavy (non-hydrogen) atoms. The average molecular weight is 343 g/mol. The Morgan fingerprint density at radius 1 is 1.28 bits per heavy atom. The van der Waals surface area contributed by atoms with Crippen LogP contribution in [0.1, 0.15) is 17.7 Å². The lowest BCUT2D eigenvalue weighted by Gasteiger charge is -2.43. The highest BCUT2D eigenvalue weighted by atomic mass is 16.4. The lowest BCUT2D eigenvalue weighted by Crippen LogP contribution is -2.57. The molecule has 134 valence electrons. The van der Waals surface area contributed by atoms with Crippen LogP contribution in [0.4, 0.5) is 0 Å². The molecule has 3 rings (SSSR count). The molecule has 6 nitrogen and oxygen atoms in total. The number of hydrogen-bond acceptors (Lipinski definition) is 4. The van der Waals surface area contributed by atoms with Gasteiger partial charge in [-0.05, 0) is 31.4 Å². The van der Waals surface area contributed by atoms with Crippen LogP contribution in [-0.4, -0.2) is 56.6 Å². The van der Waals surface area contributed by atoms with Crippen LogP contribution >= 0.6 is 0 Å². The molecule has 0 unspecified atom stereocenters. The van der Waals surface area contributed by atoms with E-state index in [0.29, 0.717) is 25.9 Å². The van der Waals surface area contributed by atoms with Crippen molar-refractivity contribution in [3.05, 3.63) is 53.9 Å². The molecule has 1 fully saturated rings. The van der Waals surface area contributed by atoms with Gasteiger partial charge in [0.05, 0.1) is 12.6 Å². The molecule has 1 saturated heterocycles. The summed E-state index contributed by atoms with van der Waals surface area (Å²) < 4.78 is 1.92. The smallest absolute Gasteiger partial charge is 0.313 e. The predicted molar refractivity (Wildman–Crippen MR) is 94.2 cm³/mol. The van der Waals surface area contributed by atoms with Crippen molar-refractivity contribution in [2.45, 2.75) is 32.4 Å². The molecule has 2 aromatic rings. The van der Waals surface area contributed by atoms with Crippen LogP contribution in [0.5, 0.6) is 0 Å². The topological polar surface area (TPSA) is 78.6 Å². The number of aliphatic hydroxyl groups excluding tert-OH is 1. The van der Waals surface area contributed by atoms with Crippen LogP contribution in [-0.2, 0) is 17.8 Å². The molecule has 0 radical (unpaired) electrons. The third kappa shape index (κ3) is 3.75. The van der Waals surface area contributed by atoms with E-state index in [1.165, 1.54) is 0 Å². The highest BCUT2D eigenvalue weighted by Gasteiger charge is 2.49. The molecule has 1 aliphatic heterocycles. The molecular formula is C19H25N3O3. The zero-order chi connectivity index (χ0) is 17.9. The molecule has 1 aromatic carbocycles. The number of hydrogen-bond donors (Lipinski definition) is 2. The van der Waals surface area contributed by atoms with Gasteiger partial charge in [-0.15, -0.1) is 0 Å². The number of aryl methyl sites for hydroxylation is 1. The summed E-state index contributed by atoms with van der Waals surface area (Å²) >= 11 is 0. The van der Waals surface area contributed by atoms with Gasteiger partial charge in [0.25, 0.3) is 0 Å². The van der Waals surface area contributed by atoms with Crippen molar-refractivity contribution in [1.29, 1.82) is 0 Å². The molecule has 6 heteroatoms. The van der Waals surface area contributed by atoms with E-state index in [-0.39, 0.29) is 0 Å². The zero-order valence-corrected chi connectivity index (χ0v) is 14.5. The highest BCUT2D eigenvalue weighted by molar-refractivity contribution is 5.76. The first kappa shape index (κ1) is 17.6. The van der Waals surface area contributed by atoms with Crippen LogP contribution < -0.4 is 0 Å². The largest absolute Gasteiger partial charge is 0.481 e. The molecule has 2 atom stereocenters. The maximum absolute atomic E-state index is 12.1. The molecule has 0 saturated carbocycles. The average Bonchev–Trinajstić information content (AvgIpc) is 3.01.